The van der Waals surface area contributed by atoms with Crippen LogP contribution >= 0.6 is 11.6 Å². The number of carbonyl (C=O) groups is 3. The Morgan fingerprint density at radius 1 is 0.933 bits per heavy atom. The fourth-order valence-corrected chi connectivity index (χ4v) is 5.62. The number of hydrogen-bond donors (Lipinski definition) is 3. The average Bonchev–Trinajstić information content (AvgIpc) is 3.04. The van der Waals surface area contributed by atoms with Crippen LogP contribution in [0.25, 0.3) is 0 Å². The minimum absolute atomic E-state index is 0.0664. The summed E-state index contributed by atoms with van der Waals surface area (Å²) in [4.78, 5) is 42.7. The molecule has 10 heteroatoms. The number of aromatic hydroxyl groups is 1. The molecular formula is C35H43ClN4O5. The Hall–Kier alpha value is -4.08. The summed E-state index contributed by atoms with van der Waals surface area (Å²) in [5.74, 6) is -0.0769. The van der Waals surface area contributed by atoms with Gasteiger partial charge in [-0.2, -0.15) is 0 Å². The first-order valence-electron chi connectivity index (χ1n) is 15.4. The van der Waals surface area contributed by atoms with E-state index in [9.17, 15) is 19.5 Å². The molecule has 3 aromatic carbocycles. The van der Waals surface area contributed by atoms with Crippen molar-refractivity contribution in [3.8, 4) is 11.5 Å². The Morgan fingerprint density at radius 2 is 1.64 bits per heavy atom. The zero-order chi connectivity index (χ0) is 32.3. The number of aryl methyl sites for hydroxylation is 1. The van der Waals surface area contributed by atoms with Gasteiger partial charge in [0, 0.05) is 42.7 Å². The van der Waals surface area contributed by atoms with Crippen molar-refractivity contribution in [2.75, 3.05) is 44.4 Å². The van der Waals surface area contributed by atoms with Gasteiger partial charge in [0.1, 0.15) is 11.5 Å². The Kier molecular flexibility index (Phi) is 12.2. The number of likely N-dealkylation sites (tertiary alicyclic amines) is 1. The first-order valence-corrected chi connectivity index (χ1v) is 16.0. The van der Waals surface area contributed by atoms with E-state index in [0.29, 0.717) is 47.3 Å². The van der Waals surface area contributed by atoms with Crippen molar-refractivity contribution < 1.29 is 24.2 Å². The average molecular weight is 635 g/mol. The van der Waals surface area contributed by atoms with E-state index in [1.807, 2.05) is 30.0 Å². The summed E-state index contributed by atoms with van der Waals surface area (Å²) in [6, 6.07) is 17.3. The monoisotopic (exact) mass is 634 g/mol. The molecule has 0 aliphatic carbocycles. The molecule has 0 atom stereocenters. The number of benzene rings is 3. The highest BCUT2D eigenvalue weighted by molar-refractivity contribution is 6.18. The molecule has 0 bridgehead atoms. The van der Waals surface area contributed by atoms with Crippen LogP contribution in [0, 0.1) is 6.92 Å². The maximum Gasteiger partial charge on any atom is 0.259 e. The van der Waals surface area contributed by atoms with Crippen LogP contribution in [0.2, 0.25) is 0 Å². The lowest BCUT2D eigenvalue weighted by molar-refractivity contribution is -0.132. The number of carbonyl (C=O) groups excluding carboxylic acids is 3. The molecule has 0 spiro atoms. The van der Waals surface area contributed by atoms with Crippen LogP contribution in [0.4, 0.5) is 11.4 Å². The fraction of sp³-hybridized carbons (Fsp3) is 0.400. The molecule has 1 aliphatic rings. The number of unbranched alkanes of at least 4 members (excludes halogenated alkanes) is 2. The minimum Gasteiger partial charge on any atom is -0.507 e. The highest BCUT2D eigenvalue weighted by atomic mass is 35.5. The third kappa shape index (κ3) is 9.45. The molecule has 3 amide bonds. The minimum atomic E-state index is -0.481. The maximum absolute atomic E-state index is 13.2. The highest BCUT2D eigenvalue weighted by Gasteiger charge is 2.23. The zero-order valence-electron chi connectivity index (χ0n) is 26.3. The quantitative estimate of drug-likeness (QED) is 0.147. The van der Waals surface area contributed by atoms with Gasteiger partial charge in [-0.05, 0) is 107 Å². The van der Waals surface area contributed by atoms with Crippen molar-refractivity contribution in [1.29, 1.82) is 0 Å². The lowest BCUT2D eigenvalue weighted by Crippen LogP contribution is -2.44. The van der Waals surface area contributed by atoms with E-state index in [1.165, 1.54) is 12.1 Å². The summed E-state index contributed by atoms with van der Waals surface area (Å²) in [6.45, 7) is 4.09. The zero-order valence-corrected chi connectivity index (χ0v) is 27.0. The normalized spacial score (nSPS) is 13.5. The molecule has 0 radical (unpaired) electrons. The second kappa shape index (κ2) is 16.3. The standard InChI is InChI=1S/C35H43ClN4O5/c1-24-12-14-30(32(21-24)45-20-8-4-5-11-33(42)40-18-16-27(17-19-40)39(2)3)38-34(43)25-13-15-29(26(22-25)23-36)37-35(44)28-9-6-7-10-31(28)41/h6-7,9-10,12-15,21-22,27,41H,4-5,8,11,16-20,23H2,1-3H3,(H,37,44)(H,38,43). The lowest BCUT2D eigenvalue weighted by Gasteiger charge is -2.35. The number of halogens is 1. The second-order valence-corrected chi connectivity index (χ2v) is 11.9. The van der Waals surface area contributed by atoms with Gasteiger partial charge >= 0.3 is 0 Å². The number of piperidine rings is 1. The summed E-state index contributed by atoms with van der Waals surface area (Å²) in [5.41, 5.74) is 3.06. The topological polar surface area (TPSA) is 111 Å². The fourth-order valence-electron chi connectivity index (χ4n) is 5.40. The number of phenolic OH excluding ortho intramolecular Hbond substituents is 1. The van der Waals surface area contributed by atoms with Gasteiger partial charge < -0.3 is 30.3 Å². The predicted octanol–water partition coefficient (Wildman–Crippen LogP) is 6.44. The van der Waals surface area contributed by atoms with Crippen LogP contribution < -0.4 is 15.4 Å². The highest BCUT2D eigenvalue weighted by Crippen LogP contribution is 2.28. The van der Waals surface area contributed by atoms with Gasteiger partial charge in [-0.1, -0.05) is 18.2 Å². The molecule has 3 N–H and O–H groups in total. The summed E-state index contributed by atoms with van der Waals surface area (Å²) < 4.78 is 6.07. The molecule has 1 heterocycles. The first-order chi connectivity index (χ1) is 21.7. The molecule has 240 valence electrons. The van der Waals surface area contributed by atoms with Crippen molar-refractivity contribution in [2.45, 2.75) is 57.4 Å². The number of amides is 3. The molecule has 0 unspecified atom stereocenters. The van der Waals surface area contributed by atoms with Crippen molar-refractivity contribution in [3.63, 3.8) is 0 Å². The summed E-state index contributed by atoms with van der Waals surface area (Å²) >= 11 is 6.16. The molecular weight excluding hydrogens is 592 g/mol. The second-order valence-electron chi connectivity index (χ2n) is 11.7. The number of alkyl halides is 1. The van der Waals surface area contributed by atoms with Crippen LogP contribution in [0.1, 0.15) is 70.4 Å². The first kappa shape index (κ1) is 33.8. The number of ether oxygens (including phenoxy) is 1. The predicted molar refractivity (Wildman–Crippen MR) is 178 cm³/mol. The van der Waals surface area contributed by atoms with E-state index in [0.717, 1.165) is 50.8 Å². The van der Waals surface area contributed by atoms with E-state index < -0.39 is 5.91 Å². The van der Waals surface area contributed by atoms with Gasteiger partial charge in [-0.25, -0.2) is 0 Å². The van der Waals surface area contributed by atoms with Gasteiger partial charge in [0.15, 0.2) is 0 Å². The van der Waals surface area contributed by atoms with Crippen LogP contribution in [0.15, 0.2) is 60.7 Å². The van der Waals surface area contributed by atoms with E-state index in [2.05, 4.69) is 29.6 Å². The van der Waals surface area contributed by atoms with Crippen LogP contribution in [0.3, 0.4) is 0 Å². The number of hydrogen-bond acceptors (Lipinski definition) is 6. The molecule has 1 saturated heterocycles. The molecule has 45 heavy (non-hydrogen) atoms. The van der Waals surface area contributed by atoms with Gasteiger partial charge in [-0.3, -0.25) is 14.4 Å². The van der Waals surface area contributed by atoms with Crippen molar-refractivity contribution in [3.05, 3.63) is 82.9 Å². The Labute approximate surface area is 270 Å². The number of nitrogens with one attached hydrogen (secondary N) is 2. The summed E-state index contributed by atoms with van der Waals surface area (Å²) in [7, 11) is 4.19. The van der Waals surface area contributed by atoms with Gasteiger partial charge in [0.05, 0.1) is 17.9 Å². The Morgan fingerprint density at radius 3 is 2.36 bits per heavy atom. The number of rotatable bonds is 13. The number of para-hydroxylation sites is 1. The van der Waals surface area contributed by atoms with Crippen molar-refractivity contribution in [2.24, 2.45) is 0 Å². The molecule has 1 fully saturated rings. The van der Waals surface area contributed by atoms with Gasteiger partial charge in [0.2, 0.25) is 5.91 Å². The van der Waals surface area contributed by atoms with Crippen molar-refractivity contribution >= 4 is 40.7 Å². The summed E-state index contributed by atoms with van der Waals surface area (Å²) in [6.07, 6.45) is 5.10. The molecule has 0 saturated carbocycles. The van der Waals surface area contributed by atoms with E-state index >= 15 is 0 Å². The third-order valence-electron chi connectivity index (χ3n) is 8.13. The number of anilines is 2. The van der Waals surface area contributed by atoms with E-state index in [4.69, 9.17) is 16.3 Å². The Balaban J connectivity index is 1.27. The van der Waals surface area contributed by atoms with Crippen LogP contribution in [-0.4, -0.2) is 72.5 Å². The molecule has 0 aromatic heterocycles. The third-order valence-corrected chi connectivity index (χ3v) is 8.42. The van der Waals surface area contributed by atoms with Crippen LogP contribution in [-0.2, 0) is 10.7 Å². The SMILES string of the molecule is Cc1ccc(NC(=O)c2ccc(NC(=O)c3ccccc3O)c(CCl)c2)c(OCCCCCC(=O)N2CCC(N(C)C)CC2)c1. The van der Waals surface area contributed by atoms with Gasteiger partial charge in [-0.15, -0.1) is 11.6 Å². The van der Waals surface area contributed by atoms with Crippen LogP contribution in [0.5, 0.6) is 11.5 Å². The Bertz CT molecular complexity index is 1490. The molecule has 4 rings (SSSR count). The molecule has 3 aromatic rings. The van der Waals surface area contributed by atoms with E-state index in [1.54, 1.807) is 30.3 Å². The van der Waals surface area contributed by atoms with Gasteiger partial charge in [0.25, 0.3) is 11.8 Å². The van der Waals surface area contributed by atoms with E-state index in [-0.39, 0.29) is 29.0 Å². The largest absolute Gasteiger partial charge is 0.507 e. The molecule has 1 aliphatic heterocycles. The smallest absolute Gasteiger partial charge is 0.259 e. The summed E-state index contributed by atoms with van der Waals surface area (Å²) in [5, 5.41) is 15.7. The molecule has 9 nitrogen and oxygen atoms in total. The van der Waals surface area contributed by atoms with Crippen molar-refractivity contribution in [1.82, 2.24) is 9.80 Å². The number of nitrogens with zero attached hydrogens (tertiary/aromatic N) is 2. The maximum atomic E-state index is 13.2. The number of phenols is 1. The lowest BCUT2D eigenvalue weighted by atomic mass is 10.0.